The minimum absolute atomic E-state index is 0.366. The second-order valence-corrected chi connectivity index (χ2v) is 8.36. The molecule has 1 aromatic rings. The Kier molecular flexibility index (Phi) is 13.5. The molecule has 1 rings (SSSR count). The standard InChI is InChI=1S/C24H40O4P2/c1-5-9-13-17-18(14-10-6-2)21(23(25)27-29)20(16-12-8-4)22(24(26)28-30)19(17)15-11-7-3/h5-16,29-30H2,1-4H3. The number of rotatable bonds is 14. The number of unbranched alkanes of at least 4 members (excludes halogenated alkanes) is 4. The van der Waals surface area contributed by atoms with Crippen molar-refractivity contribution in [3.63, 3.8) is 0 Å². The van der Waals surface area contributed by atoms with Crippen LogP contribution in [0, 0.1) is 0 Å². The molecule has 0 aliphatic rings. The van der Waals surface area contributed by atoms with Crippen molar-refractivity contribution in [1.82, 2.24) is 0 Å². The Morgan fingerprint density at radius 2 is 0.867 bits per heavy atom. The SMILES string of the molecule is CCCCc1c(CCCC)c(C(=O)OP)c(CCCC)c(C(=O)OP)c1CCCC. The predicted octanol–water partition coefficient (Wildman–Crippen LogP) is 6.95. The second-order valence-electron chi connectivity index (χ2n) is 7.89. The summed E-state index contributed by atoms with van der Waals surface area (Å²) in [5.41, 5.74) is 5.38. The van der Waals surface area contributed by atoms with Crippen molar-refractivity contribution in [1.29, 1.82) is 0 Å². The van der Waals surface area contributed by atoms with Crippen molar-refractivity contribution in [3.8, 4) is 0 Å². The molecule has 0 saturated carbocycles. The first-order chi connectivity index (χ1) is 14.5. The van der Waals surface area contributed by atoms with E-state index in [9.17, 15) is 9.59 Å². The second kappa shape index (κ2) is 14.9. The van der Waals surface area contributed by atoms with Crippen molar-refractivity contribution < 1.29 is 18.6 Å². The summed E-state index contributed by atoms with van der Waals surface area (Å²) in [7, 11) is 4.17. The molecule has 0 bridgehead atoms. The van der Waals surface area contributed by atoms with Gasteiger partial charge in [-0.1, -0.05) is 53.4 Å². The average Bonchev–Trinajstić information content (AvgIpc) is 2.77. The lowest BCUT2D eigenvalue weighted by Crippen LogP contribution is -2.20. The lowest BCUT2D eigenvalue weighted by Gasteiger charge is -2.25. The van der Waals surface area contributed by atoms with E-state index >= 15 is 0 Å². The number of hydrogen-bond donors (Lipinski definition) is 0. The van der Waals surface area contributed by atoms with Crippen LogP contribution in [0.2, 0.25) is 0 Å². The van der Waals surface area contributed by atoms with E-state index in [1.165, 1.54) is 5.56 Å². The molecule has 6 heteroatoms. The Labute approximate surface area is 187 Å². The van der Waals surface area contributed by atoms with E-state index in [0.29, 0.717) is 17.5 Å². The third-order valence-electron chi connectivity index (χ3n) is 5.68. The maximum Gasteiger partial charge on any atom is 0.340 e. The Hall–Kier alpha value is -0.980. The fraction of sp³-hybridized carbons (Fsp3) is 0.667. The van der Waals surface area contributed by atoms with Gasteiger partial charge in [-0.3, -0.25) is 0 Å². The van der Waals surface area contributed by atoms with Crippen molar-refractivity contribution >= 4 is 30.9 Å². The van der Waals surface area contributed by atoms with E-state index in [4.69, 9.17) is 9.05 Å². The maximum absolute atomic E-state index is 13.0. The van der Waals surface area contributed by atoms with Crippen LogP contribution in [0.1, 0.15) is 122 Å². The van der Waals surface area contributed by atoms with Crippen LogP contribution in [0.5, 0.6) is 0 Å². The van der Waals surface area contributed by atoms with Crippen molar-refractivity contribution in [2.24, 2.45) is 0 Å². The molecule has 0 aromatic heterocycles. The van der Waals surface area contributed by atoms with E-state index in [2.05, 4.69) is 46.6 Å². The van der Waals surface area contributed by atoms with Crippen LogP contribution >= 0.6 is 18.9 Å². The zero-order chi connectivity index (χ0) is 22.5. The number of benzene rings is 1. The maximum atomic E-state index is 13.0. The van der Waals surface area contributed by atoms with Gasteiger partial charge in [0.05, 0.1) is 30.1 Å². The van der Waals surface area contributed by atoms with E-state index in [1.54, 1.807) is 0 Å². The topological polar surface area (TPSA) is 52.6 Å². The van der Waals surface area contributed by atoms with Crippen LogP contribution in [0.3, 0.4) is 0 Å². The third-order valence-corrected chi connectivity index (χ3v) is 6.11. The summed E-state index contributed by atoms with van der Waals surface area (Å²) >= 11 is 0. The lowest BCUT2D eigenvalue weighted by atomic mass is 9.80. The normalized spacial score (nSPS) is 10.9. The molecule has 0 saturated heterocycles. The van der Waals surface area contributed by atoms with Gasteiger partial charge in [0.15, 0.2) is 0 Å². The van der Waals surface area contributed by atoms with E-state index in [0.717, 1.165) is 87.3 Å². The van der Waals surface area contributed by atoms with Gasteiger partial charge in [0.25, 0.3) is 0 Å². The van der Waals surface area contributed by atoms with E-state index in [-0.39, 0.29) is 11.9 Å². The van der Waals surface area contributed by atoms with Crippen LogP contribution < -0.4 is 0 Å². The minimum Gasteiger partial charge on any atom is -0.448 e. The summed E-state index contributed by atoms with van der Waals surface area (Å²) in [6, 6.07) is 0. The molecule has 0 N–H and O–H groups in total. The molecule has 2 unspecified atom stereocenters. The Balaban J connectivity index is 4.00. The molecule has 0 spiro atoms. The molecular formula is C24H40O4P2. The van der Waals surface area contributed by atoms with Crippen LogP contribution in [-0.4, -0.2) is 11.9 Å². The molecule has 0 aliphatic heterocycles. The summed E-state index contributed by atoms with van der Waals surface area (Å²) in [5.74, 6) is -0.732. The van der Waals surface area contributed by atoms with Gasteiger partial charge in [0.2, 0.25) is 0 Å². The first-order valence-corrected chi connectivity index (χ1v) is 12.5. The third kappa shape index (κ3) is 7.03. The van der Waals surface area contributed by atoms with Crippen LogP contribution in [0.15, 0.2) is 0 Å². The molecule has 30 heavy (non-hydrogen) atoms. The summed E-state index contributed by atoms with van der Waals surface area (Å²) < 4.78 is 10.3. The lowest BCUT2D eigenvalue weighted by molar-refractivity contribution is 0.0762. The largest absolute Gasteiger partial charge is 0.448 e. The average molecular weight is 455 g/mol. The first-order valence-electron chi connectivity index (χ1n) is 11.5. The molecule has 1 aromatic carbocycles. The molecule has 0 fully saturated rings. The minimum atomic E-state index is -0.366. The quantitative estimate of drug-likeness (QED) is 0.285. The summed E-state index contributed by atoms with van der Waals surface area (Å²) in [6.45, 7) is 8.61. The number of carbonyl (C=O) groups excluding carboxylic acids is 2. The van der Waals surface area contributed by atoms with Gasteiger partial charge < -0.3 is 9.05 Å². The Morgan fingerprint density at radius 1 is 0.567 bits per heavy atom. The molecule has 170 valence electrons. The van der Waals surface area contributed by atoms with Gasteiger partial charge in [-0.25, -0.2) is 9.59 Å². The molecule has 4 nitrogen and oxygen atoms in total. The first kappa shape index (κ1) is 27.1. The highest BCUT2D eigenvalue weighted by Crippen LogP contribution is 2.35. The van der Waals surface area contributed by atoms with Gasteiger partial charge in [-0.2, -0.15) is 0 Å². The zero-order valence-corrected chi connectivity index (χ0v) is 21.6. The van der Waals surface area contributed by atoms with Gasteiger partial charge in [0.1, 0.15) is 0 Å². The Morgan fingerprint density at radius 3 is 1.17 bits per heavy atom. The smallest absolute Gasteiger partial charge is 0.340 e. The van der Waals surface area contributed by atoms with Crippen LogP contribution in [0.4, 0.5) is 0 Å². The predicted molar refractivity (Wildman–Crippen MR) is 131 cm³/mol. The zero-order valence-electron chi connectivity index (χ0n) is 19.3. The van der Waals surface area contributed by atoms with Gasteiger partial charge >= 0.3 is 11.9 Å². The summed E-state index contributed by atoms with van der Waals surface area (Å²) in [4.78, 5) is 26.0. The van der Waals surface area contributed by atoms with Gasteiger partial charge in [-0.15, -0.1) is 0 Å². The van der Waals surface area contributed by atoms with E-state index < -0.39 is 0 Å². The van der Waals surface area contributed by atoms with Crippen molar-refractivity contribution in [2.45, 2.75) is 105 Å². The summed E-state index contributed by atoms with van der Waals surface area (Å²) in [6.07, 6.45) is 11.3. The molecule has 0 heterocycles. The molecule has 2 atom stereocenters. The molecular weight excluding hydrogens is 414 g/mol. The van der Waals surface area contributed by atoms with Crippen molar-refractivity contribution in [3.05, 3.63) is 33.4 Å². The van der Waals surface area contributed by atoms with Crippen LogP contribution in [0.25, 0.3) is 0 Å². The highest BCUT2D eigenvalue weighted by molar-refractivity contribution is 7.11. The fourth-order valence-corrected chi connectivity index (χ4v) is 4.34. The van der Waals surface area contributed by atoms with Gasteiger partial charge in [0, 0.05) is 0 Å². The molecule has 0 amide bonds. The highest BCUT2D eigenvalue weighted by Gasteiger charge is 2.30. The van der Waals surface area contributed by atoms with E-state index in [1.807, 2.05) is 0 Å². The molecule has 0 radical (unpaired) electrons. The molecule has 0 aliphatic carbocycles. The highest BCUT2D eigenvalue weighted by atomic mass is 31.0. The fourth-order valence-electron chi connectivity index (χ4n) is 4.10. The number of carbonyl (C=O) groups is 2. The number of hydrogen-bond acceptors (Lipinski definition) is 4. The van der Waals surface area contributed by atoms with Gasteiger partial charge in [-0.05, 0) is 73.6 Å². The Bertz CT molecular complexity index is 652. The summed E-state index contributed by atoms with van der Waals surface area (Å²) in [5, 5.41) is 0. The monoisotopic (exact) mass is 454 g/mol. The van der Waals surface area contributed by atoms with Crippen molar-refractivity contribution in [2.75, 3.05) is 0 Å². The van der Waals surface area contributed by atoms with Crippen LogP contribution in [-0.2, 0) is 34.7 Å².